The molecule has 3 N–H and O–H groups in total. The Morgan fingerprint density at radius 2 is 1.69 bits per heavy atom. The Labute approximate surface area is 210 Å². The highest BCUT2D eigenvalue weighted by atomic mass is 35.5. The van der Waals surface area contributed by atoms with Gasteiger partial charge in [0.25, 0.3) is 0 Å². The molecule has 0 aliphatic carbocycles. The van der Waals surface area contributed by atoms with Crippen molar-refractivity contribution < 1.29 is 22.7 Å². The van der Waals surface area contributed by atoms with Crippen molar-refractivity contribution in [2.75, 3.05) is 49.6 Å². The lowest BCUT2D eigenvalue weighted by Crippen LogP contribution is -2.42. The van der Waals surface area contributed by atoms with Gasteiger partial charge in [0.15, 0.2) is 0 Å². The van der Waals surface area contributed by atoms with Gasteiger partial charge in [0.1, 0.15) is 10.3 Å². The predicted octanol–water partition coefficient (Wildman–Crippen LogP) is 2.33. The van der Waals surface area contributed by atoms with E-state index in [-0.39, 0.29) is 29.8 Å². The van der Waals surface area contributed by atoms with Crippen molar-refractivity contribution in [3.05, 3.63) is 54.1 Å². The van der Waals surface area contributed by atoms with Gasteiger partial charge in [0, 0.05) is 37.8 Å². The summed E-state index contributed by atoms with van der Waals surface area (Å²) in [4.78, 5) is 26.4. The molecule has 2 amide bonds. The molecule has 35 heavy (non-hydrogen) atoms. The average molecular weight is 521 g/mol. The Kier molecular flexibility index (Phi) is 7.95. The van der Waals surface area contributed by atoms with Crippen molar-refractivity contribution in [3.8, 4) is 0 Å². The minimum atomic E-state index is -3.87. The van der Waals surface area contributed by atoms with Crippen LogP contribution in [0, 0.1) is 5.92 Å². The van der Waals surface area contributed by atoms with E-state index in [9.17, 15) is 18.0 Å². The van der Waals surface area contributed by atoms with Crippen molar-refractivity contribution in [1.29, 1.82) is 0 Å². The zero-order valence-corrected chi connectivity index (χ0v) is 20.8. The van der Waals surface area contributed by atoms with Crippen LogP contribution in [0.3, 0.4) is 0 Å². The van der Waals surface area contributed by atoms with Crippen LogP contribution in [0.5, 0.6) is 0 Å². The number of rotatable bonds is 7. The number of carbonyl (C=O) groups excluding carboxylic acids is 2. The van der Waals surface area contributed by atoms with Crippen LogP contribution in [0.15, 0.2) is 53.4 Å². The van der Waals surface area contributed by atoms with Gasteiger partial charge in [0.2, 0.25) is 21.8 Å². The molecule has 2 aromatic rings. The van der Waals surface area contributed by atoms with E-state index in [1.54, 1.807) is 36.4 Å². The fourth-order valence-electron chi connectivity index (χ4n) is 4.37. The second kappa shape index (κ2) is 10.9. The van der Waals surface area contributed by atoms with Gasteiger partial charge in [-0.25, -0.2) is 8.42 Å². The van der Waals surface area contributed by atoms with Crippen molar-refractivity contribution in [2.24, 2.45) is 11.7 Å². The van der Waals surface area contributed by atoms with Crippen molar-refractivity contribution in [2.45, 2.75) is 23.1 Å². The quantitative estimate of drug-likeness (QED) is 0.540. The number of halogens is 1. The monoisotopic (exact) mass is 520 g/mol. The number of carbonyl (C=O) groups is 2. The lowest BCUT2D eigenvalue weighted by atomic mass is 9.96. The molecular weight excluding hydrogens is 492 g/mol. The number of ether oxygens (including phenoxy) is 1. The van der Waals surface area contributed by atoms with E-state index in [1.807, 2.05) is 11.0 Å². The number of morpholine rings is 1. The Hall–Kier alpha value is -2.66. The van der Waals surface area contributed by atoms with Gasteiger partial charge in [-0.05, 0) is 36.6 Å². The summed E-state index contributed by atoms with van der Waals surface area (Å²) in [7, 11) is -3.87. The Balaban J connectivity index is 1.63. The molecule has 1 atom stereocenters. The Morgan fingerprint density at radius 3 is 2.31 bits per heavy atom. The highest BCUT2D eigenvalue weighted by molar-refractivity contribution is 7.89. The number of nitrogens with one attached hydrogen (secondary N) is 1. The second-order valence-corrected chi connectivity index (χ2v) is 11.0. The van der Waals surface area contributed by atoms with Crippen LogP contribution in [-0.2, 0) is 24.3 Å². The number of piperidine rings is 1. The number of amides is 2. The van der Waals surface area contributed by atoms with Crippen molar-refractivity contribution >= 4 is 44.8 Å². The maximum atomic E-state index is 13.6. The second-order valence-electron chi connectivity index (χ2n) is 8.63. The standard InChI is InChI=1S/C24H29ClN4O5S/c25-22(17-4-2-1-3-5-17)24(31)27-19-6-7-20(28-10-8-18(9-11-28)23(26)30)21(16-19)35(32,33)29-12-14-34-15-13-29/h1-7,16,18,22H,8-15H2,(H2,26,30)(H,27,31)/t22-/m0/s1. The van der Waals surface area contributed by atoms with Gasteiger partial charge >= 0.3 is 0 Å². The summed E-state index contributed by atoms with van der Waals surface area (Å²) >= 11 is 6.35. The maximum Gasteiger partial charge on any atom is 0.246 e. The molecule has 2 aliphatic heterocycles. The molecule has 0 bridgehead atoms. The van der Waals surface area contributed by atoms with E-state index >= 15 is 0 Å². The molecule has 0 saturated carbocycles. The van der Waals surface area contributed by atoms with Gasteiger partial charge in [-0.3, -0.25) is 9.59 Å². The van der Waals surface area contributed by atoms with Crippen molar-refractivity contribution in [3.63, 3.8) is 0 Å². The van der Waals surface area contributed by atoms with Crippen LogP contribution < -0.4 is 16.0 Å². The number of sulfonamides is 1. The normalized spacial score (nSPS) is 18.7. The summed E-state index contributed by atoms with van der Waals surface area (Å²) < 4.78 is 34.0. The summed E-state index contributed by atoms with van der Waals surface area (Å²) in [6, 6.07) is 13.8. The van der Waals surface area contributed by atoms with E-state index in [0.29, 0.717) is 56.1 Å². The molecule has 0 spiro atoms. The first-order chi connectivity index (χ1) is 16.8. The molecular formula is C24H29ClN4O5S. The van der Waals surface area contributed by atoms with Crippen LogP contribution in [0.25, 0.3) is 0 Å². The van der Waals surface area contributed by atoms with E-state index < -0.39 is 21.3 Å². The van der Waals surface area contributed by atoms with Crippen LogP contribution >= 0.6 is 11.6 Å². The fourth-order valence-corrected chi connectivity index (χ4v) is 6.22. The average Bonchev–Trinajstić information content (AvgIpc) is 2.89. The molecule has 0 radical (unpaired) electrons. The molecule has 9 nitrogen and oxygen atoms in total. The zero-order chi connectivity index (χ0) is 25.0. The molecule has 11 heteroatoms. The molecule has 2 saturated heterocycles. The van der Waals surface area contributed by atoms with Gasteiger partial charge < -0.3 is 20.7 Å². The predicted molar refractivity (Wildman–Crippen MR) is 134 cm³/mol. The third-order valence-corrected chi connectivity index (χ3v) is 8.75. The molecule has 2 aromatic carbocycles. The smallest absolute Gasteiger partial charge is 0.246 e. The molecule has 0 unspecified atom stereocenters. The number of alkyl halides is 1. The summed E-state index contributed by atoms with van der Waals surface area (Å²) in [5, 5.41) is 1.82. The molecule has 2 heterocycles. The lowest BCUT2D eigenvalue weighted by Gasteiger charge is -2.35. The van der Waals surface area contributed by atoms with Gasteiger partial charge in [0.05, 0.1) is 18.9 Å². The van der Waals surface area contributed by atoms with Crippen LogP contribution in [0.2, 0.25) is 0 Å². The number of primary amides is 1. The Bertz CT molecular complexity index is 1160. The van der Waals surface area contributed by atoms with Gasteiger partial charge in [-0.1, -0.05) is 30.3 Å². The highest BCUT2D eigenvalue weighted by Crippen LogP contribution is 2.34. The first-order valence-electron chi connectivity index (χ1n) is 11.5. The number of hydrogen-bond acceptors (Lipinski definition) is 6. The minimum absolute atomic E-state index is 0.0977. The SMILES string of the molecule is NC(=O)C1CCN(c2ccc(NC(=O)[C@@H](Cl)c3ccccc3)cc2S(=O)(=O)N2CCOCC2)CC1. The number of anilines is 2. The van der Waals surface area contributed by atoms with E-state index in [0.717, 1.165) is 0 Å². The summed E-state index contributed by atoms with van der Waals surface area (Å²) in [6.07, 6.45) is 1.10. The first-order valence-corrected chi connectivity index (χ1v) is 13.4. The highest BCUT2D eigenvalue weighted by Gasteiger charge is 2.32. The van der Waals surface area contributed by atoms with E-state index in [1.165, 1.54) is 10.4 Å². The molecule has 2 aliphatic rings. The third kappa shape index (κ3) is 5.78. The summed E-state index contributed by atoms with van der Waals surface area (Å²) in [5.74, 6) is -1.01. The number of hydrogen-bond donors (Lipinski definition) is 2. The lowest BCUT2D eigenvalue weighted by molar-refractivity contribution is -0.122. The summed E-state index contributed by atoms with van der Waals surface area (Å²) in [5.41, 5.74) is 6.96. The molecule has 188 valence electrons. The van der Waals surface area contributed by atoms with Crippen LogP contribution in [0.4, 0.5) is 11.4 Å². The molecule has 4 rings (SSSR count). The minimum Gasteiger partial charge on any atom is -0.379 e. The number of nitrogens with two attached hydrogens (primary N) is 1. The van der Waals surface area contributed by atoms with E-state index in [4.69, 9.17) is 22.1 Å². The number of benzene rings is 2. The zero-order valence-electron chi connectivity index (χ0n) is 19.2. The number of nitrogens with zero attached hydrogens (tertiary/aromatic N) is 2. The first kappa shape index (κ1) is 25.4. The Morgan fingerprint density at radius 1 is 1.03 bits per heavy atom. The van der Waals surface area contributed by atoms with Gasteiger partial charge in [-0.15, -0.1) is 11.6 Å². The van der Waals surface area contributed by atoms with Gasteiger partial charge in [-0.2, -0.15) is 4.31 Å². The largest absolute Gasteiger partial charge is 0.379 e. The molecule has 0 aromatic heterocycles. The third-order valence-electron chi connectivity index (χ3n) is 6.38. The van der Waals surface area contributed by atoms with Crippen LogP contribution in [0.1, 0.15) is 23.8 Å². The fraction of sp³-hybridized carbons (Fsp3) is 0.417. The van der Waals surface area contributed by atoms with Crippen molar-refractivity contribution in [1.82, 2.24) is 4.31 Å². The van der Waals surface area contributed by atoms with Crippen LogP contribution in [-0.4, -0.2) is 63.9 Å². The maximum absolute atomic E-state index is 13.6. The molecule has 2 fully saturated rings. The van der Waals surface area contributed by atoms with E-state index in [2.05, 4.69) is 5.32 Å². The topological polar surface area (TPSA) is 122 Å². The summed E-state index contributed by atoms with van der Waals surface area (Å²) in [6.45, 7) is 2.14.